The van der Waals surface area contributed by atoms with Crippen LogP contribution in [0.2, 0.25) is 23.2 Å². The summed E-state index contributed by atoms with van der Waals surface area (Å²) in [4.78, 5) is 16.1. The molecule has 0 atom stereocenters. The average Bonchev–Trinajstić information content (AvgIpc) is 3.20. The van der Waals surface area contributed by atoms with Gasteiger partial charge in [0, 0.05) is 27.6 Å². The van der Waals surface area contributed by atoms with Crippen LogP contribution in [0.15, 0.2) is 63.9 Å². The Balaban J connectivity index is 1.82. The van der Waals surface area contributed by atoms with Crippen molar-refractivity contribution in [3.63, 3.8) is 0 Å². The summed E-state index contributed by atoms with van der Waals surface area (Å²) in [5.41, 5.74) is 3.22. The summed E-state index contributed by atoms with van der Waals surface area (Å²) in [6.45, 7) is 11.3. The smallest absolute Gasteiger partial charge is 0.260 e. The summed E-state index contributed by atoms with van der Waals surface area (Å²) in [6.07, 6.45) is 0. The lowest BCUT2D eigenvalue weighted by Crippen LogP contribution is -2.40. The van der Waals surface area contributed by atoms with Crippen LogP contribution in [0.3, 0.4) is 0 Å². The fourth-order valence-corrected chi connectivity index (χ4v) is 4.49. The zero-order valence-corrected chi connectivity index (χ0v) is 20.7. The molecule has 32 heavy (non-hydrogen) atoms. The van der Waals surface area contributed by atoms with Gasteiger partial charge >= 0.3 is 0 Å². The van der Waals surface area contributed by atoms with Crippen LogP contribution >= 0.6 is 11.6 Å². The summed E-state index contributed by atoms with van der Waals surface area (Å²) >= 11 is 6.30. The van der Waals surface area contributed by atoms with Gasteiger partial charge in [0.25, 0.3) is 5.56 Å². The molecular weight excluding hydrogens is 440 g/mol. The van der Waals surface area contributed by atoms with Crippen LogP contribution in [0, 0.1) is 0 Å². The predicted molar refractivity (Wildman–Crippen MR) is 132 cm³/mol. The number of H-pyrrole nitrogens is 1. The Hall–Kier alpha value is -2.67. The molecule has 0 saturated carbocycles. The molecular formula is C25H27ClN2O3Si. The van der Waals surface area contributed by atoms with Gasteiger partial charge in [-0.3, -0.25) is 4.79 Å². The molecule has 4 rings (SSSR count). The van der Waals surface area contributed by atoms with Crippen molar-refractivity contribution < 1.29 is 8.95 Å². The van der Waals surface area contributed by atoms with E-state index in [0.717, 1.165) is 16.5 Å². The van der Waals surface area contributed by atoms with Crippen LogP contribution in [0.25, 0.3) is 33.4 Å². The van der Waals surface area contributed by atoms with Crippen molar-refractivity contribution in [2.24, 2.45) is 0 Å². The van der Waals surface area contributed by atoms with E-state index in [2.05, 4.69) is 44.0 Å². The van der Waals surface area contributed by atoms with Gasteiger partial charge in [0.1, 0.15) is 5.69 Å². The van der Waals surface area contributed by atoms with E-state index in [1.165, 1.54) is 0 Å². The third-order valence-electron chi connectivity index (χ3n) is 6.23. The van der Waals surface area contributed by atoms with Gasteiger partial charge in [-0.15, -0.1) is 0 Å². The van der Waals surface area contributed by atoms with Crippen molar-refractivity contribution in [1.29, 1.82) is 0 Å². The first-order valence-corrected chi connectivity index (χ1v) is 13.9. The van der Waals surface area contributed by atoms with Gasteiger partial charge in [-0.2, -0.15) is 0 Å². The SMILES string of the molecule is CC(C)(C)[Si](C)(C)OCc1cc(-c2c(-c3ccccc3)c3cc(Cl)ccc3[nH]c2=O)on1. The quantitative estimate of drug-likeness (QED) is 0.320. The predicted octanol–water partition coefficient (Wildman–Crippen LogP) is 7.03. The van der Waals surface area contributed by atoms with E-state index in [1.807, 2.05) is 42.5 Å². The van der Waals surface area contributed by atoms with Crippen molar-refractivity contribution in [1.82, 2.24) is 10.1 Å². The topological polar surface area (TPSA) is 68.1 Å². The molecule has 0 bridgehead atoms. The first kappa shape index (κ1) is 22.5. The Bertz CT molecular complexity index is 1320. The van der Waals surface area contributed by atoms with Gasteiger partial charge in [0.15, 0.2) is 14.1 Å². The third kappa shape index (κ3) is 4.31. The number of hydrogen-bond donors (Lipinski definition) is 1. The molecule has 2 aromatic heterocycles. The third-order valence-corrected chi connectivity index (χ3v) is 10.9. The van der Waals surface area contributed by atoms with Gasteiger partial charge in [0.05, 0.1) is 12.2 Å². The molecule has 0 unspecified atom stereocenters. The van der Waals surface area contributed by atoms with E-state index in [9.17, 15) is 4.79 Å². The molecule has 4 aromatic rings. The Morgan fingerprint density at radius 3 is 2.47 bits per heavy atom. The molecule has 0 fully saturated rings. The highest BCUT2D eigenvalue weighted by molar-refractivity contribution is 6.74. The fourth-order valence-electron chi connectivity index (χ4n) is 3.37. The number of fused-ring (bicyclic) bond motifs is 1. The summed E-state index contributed by atoms with van der Waals surface area (Å²) in [6, 6.07) is 17.0. The first-order valence-electron chi connectivity index (χ1n) is 10.6. The zero-order valence-electron chi connectivity index (χ0n) is 19.0. The molecule has 0 aliphatic heterocycles. The molecule has 0 radical (unpaired) electrons. The van der Waals surface area contributed by atoms with Crippen LogP contribution in [-0.4, -0.2) is 18.5 Å². The van der Waals surface area contributed by atoms with Crippen LogP contribution in [0.5, 0.6) is 0 Å². The Kier molecular flexibility index (Phi) is 5.88. The first-order chi connectivity index (χ1) is 15.1. The second-order valence-corrected chi connectivity index (χ2v) is 14.7. The van der Waals surface area contributed by atoms with Crippen molar-refractivity contribution >= 4 is 30.8 Å². The number of benzene rings is 2. The molecule has 7 heteroatoms. The van der Waals surface area contributed by atoms with E-state index in [-0.39, 0.29) is 10.6 Å². The van der Waals surface area contributed by atoms with E-state index in [4.69, 9.17) is 20.6 Å². The lowest BCUT2D eigenvalue weighted by molar-refractivity contribution is 0.264. The number of aromatic nitrogens is 2. The van der Waals surface area contributed by atoms with Crippen molar-refractivity contribution in [2.75, 3.05) is 0 Å². The van der Waals surface area contributed by atoms with Crippen molar-refractivity contribution in [3.05, 3.63) is 75.7 Å². The minimum atomic E-state index is -1.94. The van der Waals surface area contributed by atoms with Crippen LogP contribution in [0.1, 0.15) is 26.5 Å². The van der Waals surface area contributed by atoms with E-state index in [0.29, 0.717) is 34.2 Å². The second-order valence-electron chi connectivity index (χ2n) is 9.49. The van der Waals surface area contributed by atoms with Crippen molar-refractivity contribution in [3.8, 4) is 22.5 Å². The monoisotopic (exact) mass is 466 g/mol. The number of halogens is 1. The van der Waals surface area contributed by atoms with Crippen molar-refractivity contribution in [2.45, 2.75) is 45.5 Å². The van der Waals surface area contributed by atoms with Crippen LogP contribution < -0.4 is 5.56 Å². The second kappa shape index (κ2) is 8.35. The van der Waals surface area contributed by atoms with Gasteiger partial charge in [0.2, 0.25) is 0 Å². The molecule has 0 spiro atoms. The standard InChI is InChI=1S/C25H27ClN2O3Si/c1-25(2,3)32(4,5)30-15-18-14-21(31-28-18)23-22(16-9-7-6-8-10-16)19-13-17(26)11-12-20(19)27-24(23)29/h6-14H,15H2,1-5H3,(H,27,29). The molecule has 0 saturated heterocycles. The molecule has 0 amide bonds. The number of nitrogens with one attached hydrogen (secondary N) is 1. The van der Waals surface area contributed by atoms with E-state index in [1.54, 1.807) is 12.1 Å². The number of nitrogens with zero attached hydrogens (tertiary/aromatic N) is 1. The van der Waals surface area contributed by atoms with Gasteiger partial charge in [-0.25, -0.2) is 0 Å². The molecule has 166 valence electrons. The molecule has 0 aliphatic rings. The van der Waals surface area contributed by atoms with Gasteiger partial charge < -0.3 is 13.9 Å². The summed E-state index contributed by atoms with van der Waals surface area (Å²) in [5.74, 6) is 0.404. The summed E-state index contributed by atoms with van der Waals surface area (Å²) in [5, 5.41) is 5.72. The fraction of sp³-hybridized carbons (Fsp3) is 0.280. The highest BCUT2D eigenvalue weighted by Gasteiger charge is 2.37. The van der Waals surface area contributed by atoms with Crippen LogP contribution in [0.4, 0.5) is 0 Å². The maximum atomic E-state index is 13.2. The number of rotatable bonds is 5. The largest absolute Gasteiger partial charge is 0.411 e. The zero-order chi connectivity index (χ0) is 23.1. The minimum Gasteiger partial charge on any atom is -0.411 e. The lowest BCUT2D eigenvalue weighted by atomic mass is 9.95. The highest BCUT2D eigenvalue weighted by Crippen LogP contribution is 2.38. The summed E-state index contributed by atoms with van der Waals surface area (Å²) < 4.78 is 11.9. The minimum absolute atomic E-state index is 0.0921. The van der Waals surface area contributed by atoms with E-state index < -0.39 is 8.32 Å². The maximum absolute atomic E-state index is 13.2. The van der Waals surface area contributed by atoms with E-state index >= 15 is 0 Å². The molecule has 2 aromatic carbocycles. The van der Waals surface area contributed by atoms with Crippen LogP contribution in [-0.2, 0) is 11.0 Å². The Morgan fingerprint density at radius 2 is 1.78 bits per heavy atom. The average molecular weight is 467 g/mol. The maximum Gasteiger partial charge on any atom is 0.260 e. The van der Waals surface area contributed by atoms with Gasteiger partial charge in [-0.1, -0.05) is 67.9 Å². The Morgan fingerprint density at radius 1 is 1.06 bits per heavy atom. The number of aromatic amines is 1. The molecule has 1 N–H and O–H groups in total. The normalized spacial score (nSPS) is 12.4. The molecule has 5 nitrogen and oxygen atoms in total. The Labute approximate surface area is 193 Å². The molecule has 0 aliphatic carbocycles. The lowest BCUT2D eigenvalue weighted by Gasteiger charge is -2.35. The van der Waals surface area contributed by atoms with Gasteiger partial charge in [-0.05, 0) is 41.9 Å². The number of hydrogen-bond acceptors (Lipinski definition) is 4. The number of pyridine rings is 1. The summed E-state index contributed by atoms with van der Waals surface area (Å²) in [7, 11) is -1.94. The highest BCUT2D eigenvalue weighted by atomic mass is 35.5. The molecule has 2 heterocycles.